The fourth-order valence-electron chi connectivity index (χ4n) is 2.46. The van der Waals surface area contributed by atoms with Crippen molar-refractivity contribution in [1.82, 2.24) is 0 Å². The molecule has 1 aliphatic carbocycles. The third kappa shape index (κ3) is 2.64. The molecule has 4 nitrogen and oxygen atoms in total. The number of rotatable bonds is 4. The summed E-state index contributed by atoms with van der Waals surface area (Å²) in [6.07, 6.45) is 2.82. The van der Waals surface area contributed by atoms with Crippen LogP contribution in [0.15, 0.2) is 12.1 Å². The van der Waals surface area contributed by atoms with Crippen molar-refractivity contribution in [2.24, 2.45) is 5.73 Å². The molecular weight excluding hydrogens is 230 g/mol. The van der Waals surface area contributed by atoms with E-state index in [2.05, 4.69) is 16.9 Å². The Morgan fingerprint density at radius 1 is 1.33 bits per heavy atom. The van der Waals surface area contributed by atoms with E-state index in [1.165, 1.54) is 18.2 Å². The van der Waals surface area contributed by atoms with Gasteiger partial charge in [0.1, 0.15) is 5.75 Å². The van der Waals surface area contributed by atoms with Crippen LogP contribution in [0, 0.1) is 0 Å². The summed E-state index contributed by atoms with van der Waals surface area (Å²) < 4.78 is 10.0. The lowest BCUT2D eigenvalue weighted by atomic mass is 10.0. The molecule has 1 aliphatic rings. The van der Waals surface area contributed by atoms with Gasteiger partial charge in [-0.25, -0.2) is 0 Å². The Labute approximate surface area is 107 Å². The standard InChI is InChI=1S/C14H19NO3/c1-17-13-8-11-7-12(15)6-10(11)5-9(13)3-4-14(16)18-2/h5,8,12H,3-4,6-7,15H2,1-2H3. The lowest BCUT2D eigenvalue weighted by Gasteiger charge is -2.11. The normalized spacial score (nSPS) is 17.4. The molecule has 0 saturated heterocycles. The van der Waals surface area contributed by atoms with Gasteiger partial charge < -0.3 is 15.2 Å². The predicted molar refractivity (Wildman–Crippen MR) is 68.7 cm³/mol. The summed E-state index contributed by atoms with van der Waals surface area (Å²) in [6.45, 7) is 0. The number of hydrogen-bond donors (Lipinski definition) is 1. The number of aryl methyl sites for hydroxylation is 1. The molecule has 0 fully saturated rings. The molecule has 98 valence electrons. The van der Waals surface area contributed by atoms with Crippen LogP contribution in [0.25, 0.3) is 0 Å². The van der Waals surface area contributed by atoms with Gasteiger partial charge in [0.15, 0.2) is 0 Å². The highest BCUT2D eigenvalue weighted by molar-refractivity contribution is 5.69. The average molecular weight is 249 g/mol. The maximum absolute atomic E-state index is 11.2. The first-order valence-corrected chi connectivity index (χ1v) is 6.15. The summed E-state index contributed by atoms with van der Waals surface area (Å²) in [6, 6.07) is 4.37. The highest BCUT2D eigenvalue weighted by atomic mass is 16.5. The van der Waals surface area contributed by atoms with E-state index in [1.807, 2.05) is 0 Å². The molecule has 0 aromatic heterocycles. The first-order chi connectivity index (χ1) is 8.63. The van der Waals surface area contributed by atoms with E-state index in [9.17, 15) is 4.79 Å². The fourth-order valence-corrected chi connectivity index (χ4v) is 2.46. The molecular formula is C14H19NO3. The minimum atomic E-state index is -0.200. The fraction of sp³-hybridized carbons (Fsp3) is 0.500. The van der Waals surface area contributed by atoms with Gasteiger partial charge in [0.2, 0.25) is 0 Å². The molecule has 2 N–H and O–H groups in total. The average Bonchev–Trinajstić information content (AvgIpc) is 2.73. The largest absolute Gasteiger partial charge is 0.496 e. The number of carbonyl (C=O) groups excluding carboxylic acids is 1. The third-order valence-electron chi connectivity index (χ3n) is 3.39. The minimum absolute atomic E-state index is 0.200. The van der Waals surface area contributed by atoms with Gasteiger partial charge in [0.05, 0.1) is 14.2 Å². The summed E-state index contributed by atoms with van der Waals surface area (Å²) >= 11 is 0. The van der Waals surface area contributed by atoms with Gasteiger partial charge in [-0.3, -0.25) is 4.79 Å². The highest BCUT2D eigenvalue weighted by Crippen LogP contribution is 2.30. The van der Waals surface area contributed by atoms with Crippen molar-refractivity contribution in [3.63, 3.8) is 0 Å². The second-order valence-electron chi connectivity index (χ2n) is 4.68. The highest BCUT2D eigenvalue weighted by Gasteiger charge is 2.20. The van der Waals surface area contributed by atoms with E-state index < -0.39 is 0 Å². The van der Waals surface area contributed by atoms with Crippen molar-refractivity contribution >= 4 is 5.97 Å². The molecule has 1 unspecified atom stereocenters. The Bertz CT molecular complexity index is 457. The van der Waals surface area contributed by atoms with Crippen molar-refractivity contribution in [3.05, 3.63) is 28.8 Å². The molecule has 0 saturated carbocycles. The number of fused-ring (bicyclic) bond motifs is 1. The SMILES string of the molecule is COC(=O)CCc1cc2c(cc1OC)CC(N)C2. The molecule has 18 heavy (non-hydrogen) atoms. The van der Waals surface area contributed by atoms with Crippen molar-refractivity contribution in [3.8, 4) is 5.75 Å². The van der Waals surface area contributed by atoms with E-state index in [0.29, 0.717) is 12.8 Å². The Kier molecular flexibility index (Phi) is 3.87. The van der Waals surface area contributed by atoms with Crippen LogP contribution in [-0.2, 0) is 28.8 Å². The number of benzene rings is 1. The number of ether oxygens (including phenoxy) is 2. The zero-order valence-corrected chi connectivity index (χ0v) is 10.9. The predicted octanol–water partition coefficient (Wildman–Crippen LogP) is 1.23. The van der Waals surface area contributed by atoms with Gasteiger partial charge >= 0.3 is 5.97 Å². The monoisotopic (exact) mass is 249 g/mol. The Hall–Kier alpha value is -1.55. The summed E-state index contributed by atoms with van der Waals surface area (Å²) in [5, 5.41) is 0. The van der Waals surface area contributed by atoms with Gasteiger partial charge in [-0.2, -0.15) is 0 Å². The summed E-state index contributed by atoms with van der Waals surface area (Å²) in [4.78, 5) is 11.2. The maximum atomic E-state index is 11.2. The number of esters is 1. The first kappa shape index (κ1) is 12.9. The zero-order chi connectivity index (χ0) is 13.1. The smallest absolute Gasteiger partial charge is 0.305 e. The summed E-state index contributed by atoms with van der Waals surface area (Å²) in [7, 11) is 3.06. The summed E-state index contributed by atoms with van der Waals surface area (Å²) in [5.74, 6) is 0.640. The Balaban J connectivity index is 2.19. The van der Waals surface area contributed by atoms with E-state index >= 15 is 0 Å². The van der Waals surface area contributed by atoms with E-state index in [-0.39, 0.29) is 12.0 Å². The van der Waals surface area contributed by atoms with Crippen molar-refractivity contribution in [2.75, 3.05) is 14.2 Å². The van der Waals surface area contributed by atoms with Crippen LogP contribution in [-0.4, -0.2) is 26.2 Å². The number of methoxy groups -OCH3 is 2. The van der Waals surface area contributed by atoms with Crippen molar-refractivity contribution in [2.45, 2.75) is 31.7 Å². The van der Waals surface area contributed by atoms with Gasteiger partial charge in [-0.05, 0) is 42.0 Å². The quantitative estimate of drug-likeness (QED) is 0.815. The molecule has 0 aliphatic heterocycles. The molecule has 2 rings (SSSR count). The van der Waals surface area contributed by atoms with Crippen LogP contribution in [0.3, 0.4) is 0 Å². The molecule has 1 atom stereocenters. The number of carbonyl (C=O) groups is 1. The van der Waals surface area contributed by atoms with Crippen LogP contribution in [0.1, 0.15) is 23.1 Å². The lowest BCUT2D eigenvalue weighted by molar-refractivity contribution is -0.140. The minimum Gasteiger partial charge on any atom is -0.496 e. The van der Waals surface area contributed by atoms with Gasteiger partial charge in [0, 0.05) is 12.5 Å². The molecule has 0 bridgehead atoms. The van der Waals surface area contributed by atoms with E-state index in [0.717, 1.165) is 24.2 Å². The van der Waals surface area contributed by atoms with E-state index in [1.54, 1.807) is 7.11 Å². The zero-order valence-electron chi connectivity index (χ0n) is 10.9. The van der Waals surface area contributed by atoms with Crippen LogP contribution in [0.5, 0.6) is 5.75 Å². The van der Waals surface area contributed by atoms with Crippen LogP contribution < -0.4 is 10.5 Å². The Morgan fingerprint density at radius 2 is 2.00 bits per heavy atom. The van der Waals surface area contributed by atoms with Gasteiger partial charge in [-0.15, -0.1) is 0 Å². The molecule has 0 heterocycles. The molecule has 1 aromatic carbocycles. The number of hydrogen-bond acceptors (Lipinski definition) is 4. The second-order valence-corrected chi connectivity index (χ2v) is 4.68. The van der Waals surface area contributed by atoms with Gasteiger partial charge in [0.25, 0.3) is 0 Å². The molecule has 1 aromatic rings. The third-order valence-corrected chi connectivity index (χ3v) is 3.39. The molecule has 0 amide bonds. The van der Waals surface area contributed by atoms with Crippen molar-refractivity contribution < 1.29 is 14.3 Å². The Morgan fingerprint density at radius 3 is 2.61 bits per heavy atom. The summed E-state index contributed by atoms with van der Waals surface area (Å²) in [5.41, 5.74) is 9.55. The van der Waals surface area contributed by atoms with Crippen LogP contribution in [0.2, 0.25) is 0 Å². The van der Waals surface area contributed by atoms with Crippen LogP contribution >= 0.6 is 0 Å². The van der Waals surface area contributed by atoms with Crippen LogP contribution in [0.4, 0.5) is 0 Å². The maximum Gasteiger partial charge on any atom is 0.305 e. The number of nitrogens with two attached hydrogens (primary N) is 1. The molecule has 0 radical (unpaired) electrons. The van der Waals surface area contributed by atoms with Crippen molar-refractivity contribution in [1.29, 1.82) is 0 Å². The first-order valence-electron chi connectivity index (χ1n) is 6.15. The van der Waals surface area contributed by atoms with Gasteiger partial charge in [-0.1, -0.05) is 6.07 Å². The lowest BCUT2D eigenvalue weighted by Crippen LogP contribution is -2.18. The molecule has 4 heteroatoms. The second kappa shape index (κ2) is 5.40. The molecule has 0 spiro atoms. The topological polar surface area (TPSA) is 61.5 Å². The van der Waals surface area contributed by atoms with E-state index in [4.69, 9.17) is 10.5 Å².